The van der Waals surface area contributed by atoms with E-state index in [0.29, 0.717) is 23.6 Å². The number of nitrogens with one attached hydrogen (secondary N) is 2. The van der Waals surface area contributed by atoms with Crippen LogP contribution in [0.25, 0.3) is 0 Å². The second-order valence-electron chi connectivity index (χ2n) is 9.58. The highest BCUT2D eigenvalue weighted by Crippen LogP contribution is 2.63. The minimum absolute atomic E-state index is 0.101. The summed E-state index contributed by atoms with van der Waals surface area (Å²) in [5.74, 6) is -2.56. The van der Waals surface area contributed by atoms with Gasteiger partial charge in [0, 0.05) is 17.8 Å². The molecule has 3 aliphatic rings. The average molecular weight is 464 g/mol. The predicted molar refractivity (Wildman–Crippen MR) is 119 cm³/mol. The molecule has 3 saturated heterocycles. The van der Waals surface area contributed by atoms with Crippen LogP contribution < -0.4 is 10.6 Å². The quantitative estimate of drug-likeness (QED) is 0.596. The van der Waals surface area contributed by atoms with Gasteiger partial charge in [-0.2, -0.15) is 0 Å². The third-order valence-electron chi connectivity index (χ3n) is 7.42. The van der Waals surface area contributed by atoms with Crippen molar-refractivity contribution < 1.29 is 24.2 Å². The highest BCUT2D eigenvalue weighted by molar-refractivity contribution is 6.30. The molecule has 3 heterocycles. The van der Waals surface area contributed by atoms with Crippen molar-refractivity contribution in [2.75, 3.05) is 19.0 Å². The van der Waals surface area contributed by atoms with Crippen molar-refractivity contribution >= 4 is 35.0 Å². The highest BCUT2D eigenvalue weighted by Gasteiger charge is 2.78. The number of likely N-dealkylation sites (tertiary alicyclic amines) is 1. The fourth-order valence-electron chi connectivity index (χ4n) is 5.94. The first-order valence-electron chi connectivity index (χ1n) is 11.0. The van der Waals surface area contributed by atoms with Crippen LogP contribution in [0.1, 0.15) is 33.6 Å². The van der Waals surface area contributed by atoms with Crippen LogP contribution in [0.15, 0.2) is 24.3 Å². The van der Waals surface area contributed by atoms with E-state index in [1.54, 1.807) is 24.3 Å². The van der Waals surface area contributed by atoms with Crippen LogP contribution in [-0.4, -0.2) is 64.7 Å². The molecule has 4 rings (SSSR count). The number of hydrogen-bond acceptors (Lipinski definition) is 5. The maximum atomic E-state index is 13.8. The van der Waals surface area contributed by atoms with E-state index in [4.69, 9.17) is 16.3 Å². The number of aliphatic hydroxyl groups is 1. The molecule has 0 aromatic heterocycles. The average Bonchev–Trinajstić information content (AvgIpc) is 3.31. The Bertz CT molecular complexity index is 938. The van der Waals surface area contributed by atoms with Crippen LogP contribution in [0.5, 0.6) is 0 Å². The summed E-state index contributed by atoms with van der Waals surface area (Å²) in [7, 11) is 1.54. The topological polar surface area (TPSA) is 108 Å². The summed E-state index contributed by atoms with van der Waals surface area (Å²) in [4.78, 5) is 41.8. The molecular weight excluding hydrogens is 434 g/mol. The summed E-state index contributed by atoms with van der Waals surface area (Å²) in [5, 5.41) is 16.2. The zero-order chi connectivity index (χ0) is 23.4. The third kappa shape index (κ3) is 3.23. The van der Waals surface area contributed by atoms with Crippen molar-refractivity contribution in [1.82, 2.24) is 10.2 Å². The van der Waals surface area contributed by atoms with Gasteiger partial charge >= 0.3 is 0 Å². The van der Waals surface area contributed by atoms with E-state index in [1.807, 2.05) is 20.8 Å². The van der Waals surface area contributed by atoms with Crippen LogP contribution in [0, 0.1) is 17.8 Å². The van der Waals surface area contributed by atoms with E-state index in [1.165, 1.54) is 11.9 Å². The van der Waals surface area contributed by atoms with Crippen molar-refractivity contribution in [2.24, 2.45) is 17.8 Å². The van der Waals surface area contributed by atoms with Gasteiger partial charge in [0.15, 0.2) is 0 Å². The first-order chi connectivity index (χ1) is 15.1. The molecule has 3 fully saturated rings. The van der Waals surface area contributed by atoms with Crippen molar-refractivity contribution in [3.63, 3.8) is 0 Å². The van der Waals surface area contributed by atoms with Crippen LogP contribution >= 0.6 is 11.6 Å². The molecule has 0 saturated carbocycles. The Labute approximate surface area is 192 Å². The number of carbonyl (C=O) groups is 3. The molecule has 1 aromatic rings. The predicted octanol–water partition coefficient (Wildman–Crippen LogP) is 1.81. The van der Waals surface area contributed by atoms with Crippen molar-refractivity contribution in [1.29, 1.82) is 0 Å². The van der Waals surface area contributed by atoms with Gasteiger partial charge in [0.1, 0.15) is 11.6 Å². The number of benzene rings is 1. The van der Waals surface area contributed by atoms with Crippen molar-refractivity contribution in [3.05, 3.63) is 29.3 Å². The van der Waals surface area contributed by atoms with Crippen LogP contribution in [0.4, 0.5) is 5.69 Å². The Morgan fingerprint density at radius 1 is 1.25 bits per heavy atom. The lowest BCUT2D eigenvalue weighted by molar-refractivity contribution is -0.149. The second kappa shape index (κ2) is 8.01. The number of halogens is 1. The van der Waals surface area contributed by atoms with Gasteiger partial charge in [-0.15, -0.1) is 0 Å². The Morgan fingerprint density at radius 2 is 1.91 bits per heavy atom. The van der Waals surface area contributed by atoms with Gasteiger partial charge in [0.25, 0.3) is 0 Å². The molecule has 9 heteroatoms. The lowest BCUT2D eigenvalue weighted by Gasteiger charge is -2.38. The lowest BCUT2D eigenvalue weighted by atomic mass is 9.66. The van der Waals surface area contributed by atoms with E-state index >= 15 is 0 Å². The third-order valence-corrected chi connectivity index (χ3v) is 7.67. The number of fused-ring (bicyclic) bond motifs is 1. The summed E-state index contributed by atoms with van der Waals surface area (Å²) in [5.41, 5.74) is -1.40. The summed E-state index contributed by atoms with van der Waals surface area (Å²) in [6.07, 6.45) is 1.05. The summed E-state index contributed by atoms with van der Waals surface area (Å²) in [6.45, 7) is 5.34. The van der Waals surface area contributed by atoms with Crippen LogP contribution in [0.3, 0.4) is 0 Å². The van der Waals surface area contributed by atoms with E-state index < -0.39 is 41.0 Å². The summed E-state index contributed by atoms with van der Waals surface area (Å²) < 4.78 is 6.49. The summed E-state index contributed by atoms with van der Waals surface area (Å²) in [6, 6.07) is 5.16. The number of amides is 3. The molecule has 1 aromatic carbocycles. The first kappa shape index (κ1) is 23.0. The Morgan fingerprint density at radius 3 is 2.47 bits per heavy atom. The minimum Gasteiger partial charge on any atom is -0.394 e. The van der Waals surface area contributed by atoms with Gasteiger partial charge in [-0.1, -0.05) is 25.4 Å². The van der Waals surface area contributed by atoms with Crippen molar-refractivity contribution in [3.8, 4) is 0 Å². The Kier molecular flexibility index (Phi) is 5.76. The van der Waals surface area contributed by atoms with Gasteiger partial charge in [-0.3, -0.25) is 14.4 Å². The molecule has 32 heavy (non-hydrogen) atoms. The second-order valence-corrected chi connectivity index (χ2v) is 10.0. The molecule has 8 nitrogen and oxygen atoms in total. The maximum Gasteiger partial charge on any atom is 0.250 e. The van der Waals surface area contributed by atoms with Gasteiger partial charge in [0.2, 0.25) is 17.7 Å². The zero-order valence-electron chi connectivity index (χ0n) is 18.7. The molecular formula is C23H30ClN3O5. The summed E-state index contributed by atoms with van der Waals surface area (Å²) >= 11 is 5.96. The first-order valence-corrected chi connectivity index (χ1v) is 11.4. The van der Waals surface area contributed by atoms with E-state index in [9.17, 15) is 19.5 Å². The number of ether oxygens (including phenoxy) is 1. The normalized spacial score (nSPS) is 34.0. The van der Waals surface area contributed by atoms with Crippen LogP contribution in [-0.2, 0) is 19.1 Å². The number of carbonyl (C=O) groups excluding carboxylic acids is 3. The molecule has 174 valence electrons. The fraction of sp³-hybridized carbons (Fsp3) is 0.609. The molecule has 3 N–H and O–H groups in total. The van der Waals surface area contributed by atoms with E-state index in [-0.39, 0.29) is 24.3 Å². The number of anilines is 1. The molecule has 2 bridgehead atoms. The van der Waals surface area contributed by atoms with Gasteiger partial charge in [-0.25, -0.2) is 0 Å². The lowest BCUT2D eigenvalue weighted by Crippen LogP contribution is -2.57. The minimum atomic E-state index is -1.12. The molecule has 1 spiro atoms. The molecule has 3 amide bonds. The molecule has 3 aliphatic heterocycles. The van der Waals surface area contributed by atoms with E-state index in [2.05, 4.69) is 10.6 Å². The van der Waals surface area contributed by atoms with Crippen LogP contribution in [0.2, 0.25) is 5.02 Å². The zero-order valence-corrected chi connectivity index (χ0v) is 19.5. The SMILES string of the molecule is CNC(=O)[C@@H]1[C@H]2C(=O)N([C@@H](CO)C(C)C)C(C(=O)Nc3ccc(Cl)cc3)C23CC[C@@]1(C)O3. The van der Waals surface area contributed by atoms with Gasteiger partial charge in [0.05, 0.1) is 30.1 Å². The van der Waals surface area contributed by atoms with Gasteiger partial charge < -0.3 is 25.4 Å². The molecule has 0 aliphatic carbocycles. The molecule has 2 unspecified atom stereocenters. The molecule has 6 atom stereocenters. The standard InChI is InChI=1S/C23H30ClN3O5/c1-12(2)15(11-28)27-18(20(30)26-14-7-5-13(24)6-8-14)23-10-9-22(3,32-23)16(19(29)25-4)17(23)21(27)31/h5-8,12,15-18,28H,9-11H2,1-4H3,(H,25,29)(H,26,30)/t15-,16-,17-,18?,22+,23?/m0/s1. The fourth-order valence-corrected chi connectivity index (χ4v) is 6.07. The van der Waals surface area contributed by atoms with E-state index in [0.717, 1.165) is 0 Å². The monoisotopic (exact) mass is 463 g/mol. The van der Waals surface area contributed by atoms with Gasteiger partial charge in [-0.05, 0) is 49.9 Å². The number of hydrogen-bond donors (Lipinski definition) is 3. The number of aliphatic hydroxyl groups excluding tert-OH is 1. The largest absolute Gasteiger partial charge is 0.394 e. The Hall–Kier alpha value is -2.16. The molecule has 0 radical (unpaired) electrons. The number of rotatable bonds is 6. The highest BCUT2D eigenvalue weighted by atomic mass is 35.5. The van der Waals surface area contributed by atoms with Crippen molar-refractivity contribution in [2.45, 2.75) is 56.9 Å². The Balaban J connectivity index is 1.79. The maximum absolute atomic E-state index is 13.8. The smallest absolute Gasteiger partial charge is 0.250 e. The number of nitrogens with zero attached hydrogens (tertiary/aromatic N) is 1.